The van der Waals surface area contributed by atoms with Gasteiger partial charge in [0.05, 0.1) is 26.4 Å². The zero-order chi connectivity index (χ0) is 20.7. The predicted molar refractivity (Wildman–Crippen MR) is 118 cm³/mol. The Kier molecular flexibility index (Phi) is 11.6. The molecule has 1 saturated carbocycles. The molecule has 1 aliphatic rings. The molecule has 0 unspecified atom stereocenters. The van der Waals surface area contributed by atoms with E-state index in [1.807, 2.05) is 0 Å². The number of aromatic nitrogens is 3. The number of ether oxygens (including phenoxy) is 2. The lowest BCUT2D eigenvalue weighted by atomic mass is 9.95. The minimum atomic E-state index is 0.499. The molecule has 0 radical (unpaired) electrons. The van der Waals surface area contributed by atoms with Crippen molar-refractivity contribution >= 4 is 17.8 Å². The maximum absolute atomic E-state index is 5.56. The van der Waals surface area contributed by atoms with Crippen molar-refractivity contribution in [2.75, 3.05) is 68.6 Å². The van der Waals surface area contributed by atoms with Crippen LogP contribution in [0.5, 0.6) is 0 Å². The highest BCUT2D eigenvalue weighted by Crippen LogP contribution is 2.25. The molecule has 4 N–H and O–H groups in total. The van der Waals surface area contributed by atoms with Gasteiger partial charge < -0.3 is 30.7 Å². The maximum Gasteiger partial charge on any atom is 0.231 e. The van der Waals surface area contributed by atoms with Gasteiger partial charge in [0.25, 0.3) is 0 Å². The Hall–Kier alpha value is -1.71. The summed E-state index contributed by atoms with van der Waals surface area (Å²) in [7, 11) is 2.09. The van der Waals surface area contributed by atoms with E-state index in [9.17, 15) is 0 Å². The summed E-state index contributed by atoms with van der Waals surface area (Å²) in [6.07, 6.45) is 8.49. The van der Waals surface area contributed by atoms with Crippen molar-refractivity contribution in [1.82, 2.24) is 15.0 Å². The summed E-state index contributed by atoms with van der Waals surface area (Å²) < 4.78 is 10.9. The standard InChI is InChI=1S/C20H39N7O2/c1-3-4-11-22-18-24-19(23-12-14-29-16-15-28-13-10-21)26-20(25-18)27(2)17-8-6-5-7-9-17/h17H,3-16,21H2,1-2H3,(H2,22,23,24,25,26). The van der Waals surface area contributed by atoms with Gasteiger partial charge in [-0.15, -0.1) is 0 Å². The Morgan fingerprint density at radius 2 is 1.59 bits per heavy atom. The number of unbranched alkanes of at least 4 members (excludes halogenated alkanes) is 1. The first-order chi connectivity index (χ1) is 14.2. The van der Waals surface area contributed by atoms with Gasteiger partial charge in [-0.3, -0.25) is 0 Å². The van der Waals surface area contributed by atoms with Crippen molar-refractivity contribution in [2.45, 2.75) is 57.9 Å². The highest BCUT2D eigenvalue weighted by molar-refractivity contribution is 5.44. The van der Waals surface area contributed by atoms with Crippen LogP contribution < -0.4 is 21.3 Å². The van der Waals surface area contributed by atoms with Crippen LogP contribution in [0.25, 0.3) is 0 Å². The van der Waals surface area contributed by atoms with Crippen LogP contribution in [0.3, 0.4) is 0 Å². The summed E-state index contributed by atoms with van der Waals surface area (Å²) in [5.41, 5.74) is 5.38. The van der Waals surface area contributed by atoms with E-state index in [1.165, 1.54) is 32.1 Å². The molecular formula is C20H39N7O2. The smallest absolute Gasteiger partial charge is 0.231 e. The van der Waals surface area contributed by atoms with E-state index in [1.54, 1.807) is 0 Å². The molecule has 166 valence electrons. The Labute approximate surface area is 175 Å². The number of anilines is 3. The third kappa shape index (κ3) is 9.10. The highest BCUT2D eigenvalue weighted by atomic mass is 16.5. The molecule has 0 spiro atoms. The van der Waals surface area contributed by atoms with Crippen LogP contribution in [0, 0.1) is 0 Å². The van der Waals surface area contributed by atoms with E-state index in [2.05, 4.69) is 44.5 Å². The lowest BCUT2D eigenvalue weighted by Gasteiger charge is -2.31. The Bertz CT molecular complexity index is 556. The third-order valence-electron chi connectivity index (χ3n) is 5.04. The first-order valence-electron chi connectivity index (χ1n) is 11.1. The summed E-state index contributed by atoms with van der Waals surface area (Å²) in [5.74, 6) is 1.94. The Balaban J connectivity index is 1.89. The van der Waals surface area contributed by atoms with E-state index < -0.39 is 0 Å². The largest absolute Gasteiger partial charge is 0.378 e. The van der Waals surface area contributed by atoms with Crippen LogP contribution in [-0.2, 0) is 9.47 Å². The first kappa shape index (κ1) is 23.6. The van der Waals surface area contributed by atoms with Gasteiger partial charge >= 0.3 is 0 Å². The van der Waals surface area contributed by atoms with Gasteiger partial charge in [-0.1, -0.05) is 32.6 Å². The average molecular weight is 410 g/mol. The second-order valence-electron chi connectivity index (χ2n) is 7.41. The molecule has 0 saturated heterocycles. The maximum atomic E-state index is 5.56. The van der Waals surface area contributed by atoms with Gasteiger partial charge in [-0.25, -0.2) is 0 Å². The van der Waals surface area contributed by atoms with Crippen molar-refractivity contribution in [3.8, 4) is 0 Å². The molecule has 1 aliphatic carbocycles. The quantitative estimate of drug-likeness (QED) is 0.376. The molecule has 9 heteroatoms. The van der Waals surface area contributed by atoms with Crippen LogP contribution in [0.15, 0.2) is 0 Å². The number of nitrogens with one attached hydrogen (secondary N) is 2. The SMILES string of the molecule is CCCCNc1nc(NCCOCCOCCN)nc(N(C)C2CCCCC2)n1. The molecule has 0 atom stereocenters. The lowest BCUT2D eigenvalue weighted by molar-refractivity contribution is 0.0547. The summed E-state index contributed by atoms with van der Waals surface area (Å²) >= 11 is 0. The van der Waals surface area contributed by atoms with E-state index in [0.29, 0.717) is 57.5 Å². The average Bonchev–Trinajstić information content (AvgIpc) is 2.76. The fraction of sp³-hybridized carbons (Fsp3) is 0.850. The van der Waals surface area contributed by atoms with E-state index >= 15 is 0 Å². The fourth-order valence-corrected chi connectivity index (χ4v) is 3.33. The molecule has 0 bridgehead atoms. The predicted octanol–water partition coefficient (Wildman–Crippen LogP) is 2.26. The van der Waals surface area contributed by atoms with Gasteiger partial charge in [0, 0.05) is 32.7 Å². The molecule has 1 fully saturated rings. The summed E-state index contributed by atoms with van der Waals surface area (Å²) in [6.45, 7) is 6.43. The van der Waals surface area contributed by atoms with Gasteiger partial charge in [-0.2, -0.15) is 15.0 Å². The fourth-order valence-electron chi connectivity index (χ4n) is 3.33. The minimum absolute atomic E-state index is 0.499. The molecule has 1 aromatic rings. The number of nitrogens with zero attached hydrogens (tertiary/aromatic N) is 4. The second-order valence-corrected chi connectivity index (χ2v) is 7.41. The molecule has 1 aromatic heterocycles. The van der Waals surface area contributed by atoms with Crippen molar-refractivity contribution < 1.29 is 9.47 Å². The van der Waals surface area contributed by atoms with E-state index in [0.717, 1.165) is 25.3 Å². The summed E-state index contributed by atoms with van der Waals surface area (Å²) in [5, 5.41) is 6.59. The molecule has 0 aromatic carbocycles. The molecule has 29 heavy (non-hydrogen) atoms. The van der Waals surface area contributed by atoms with Crippen molar-refractivity contribution in [1.29, 1.82) is 0 Å². The molecule has 2 rings (SSSR count). The molecule has 0 aliphatic heterocycles. The molecular weight excluding hydrogens is 370 g/mol. The van der Waals surface area contributed by atoms with Crippen molar-refractivity contribution in [3.05, 3.63) is 0 Å². The normalized spacial score (nSPS) is 14.7. The van der Waals surface area contributed by atoms with Crippen LogP contribution in [0.1, 0.15) is 51.9 Å². The van der Waals surface area contributed by atoms with Crippen molar-refractivity contribution in [3.63, 3.8) is 0 Å². The number of rotatable bonds is 15. The third-order valence-corrected chi connectivity index (χ3v) is 5.04. The molecule has 0 amide bonds. The lowest BCUT2D eigenvalue weighted by Crippen LogP contribution is -2.35. The summed E-state index contributed by atoms with van der Waals surface area (Å²) in [6, 6.07) is 0.499. The van der Waals surface area contributed by atoms with E-state index in [-0.39, 0.29) is 0 Å². The first-order valence-corrected chi connectivity index (χ1v) is 11.1. The highest BCUT2D eigenvalue weighted by Gasteiger charge is 2.21. The second kappa shape index (κ2) is 14.3. The number of hydrogen-bond acceptors (Lipinski definition) is 9. The summed E-state index contributed by atoms with van der Waals surface area (Å²) in [4.78, 5) is 16.1. The minimum Gasteiger partial charge on any atom is -0.378 e. The Morgan fingerprint density at radius 1 is 0.931 bits per heavy atom. The molecule has 1 heterocycles. The monoisotopic (exact) mass is 409 g/mol. The van der Waals surface area contributed by atoms with Crippen LogP contribution in [-0.4, -0.2) is 74.1 Å². The van der Waals surface area contributed by atoms with Gasteiger partial charge in [-0.05, 0) is 19.3 Å². The topological polar surface area (TPSA) is 110 Å². The van der Waals surface area contributed by atoms with E-state index in [4.69, 9.17) is 15.2 Å². The van der Waals surface area contributed by atoms with Crippen molar-refractivity contribution in [2.24, 2.45) is 5.73 Å². The van der Waals surface area contributed by atoms with Gasteiger partial charge in [0.1, 0.15) is 0 Å². The number of nitrogens with two attached hydrogens (primary N) is 1. The van der Waals surface area contributed by atoms with Gasteiger partial charge in [0.2, 0.25) is 17.8 Å². The van der Waals surface area contributed by atoms with Crippen LogP contribution in [0.4, 0.5) is 17.8 Å². The Morgan fingerprint density at radius 3 is 2.24 bits per heavy atom. The van der Waals surface area contributed by atoms with Crippen LogP contribution >= 0.6 is 0 Å². The van der Waals surface area contributed by atoms with Crippen LogP contribution in [0.2, 0.25) is 0 Å². The zero-order valence-corrected chi connectivity index (χ0v) is 18.2. The number of hydrogen-bond donors (Lipinski definition) is 3. The zero-order valence-electron chi connectivity index (χ0n) is 18.2. The molecule has 9 nitrogen and oxygen atoms in total. The van der Waals surface area contributed by atoms with Gasteiger partial charge in [0.15, 0.2) is 0 Å².